The smallest absolute Gasteiger partial charge is 0.278 e. The first-order valence-electron chi connectivity index (χ1n) is 7.50. The zero-order chi connectivity index (χ0) is 16.7. The molecule has 0 atom stereocenters. The van der Waals surface area contributed by atoms with Crippen molar-refractivity contribution in [2.75, 3.05) is 18.7 Å². The van der Waals surface area contributed by atoms with Gasteiger partial charge in [-0.15, -0.1) is 11.3 Å². The summed E-state index contributed by atoms with van der Waals surface area (Å²) in [6, 6.07) is 9.02. The molecule has 0 saturated heterocycles. The van der Waals surface area contributed by atoms with Crippen LogP contribution in [-0.4, -0.2) is 30.1 Å². The molecule has 122 valence electrons. The zero-order valence-electron chi connectivity index (χ0n) is 12.9. The number of nitrogens with one attached hydrogen (secondary N) is 1. The van der Waals surface area contributed by atoms with Crippen molar-refractivity contribution >= 4 is 34.4 Å². The van der Waals surface area contributed by atoms with E-state index in [1.54, 1.807) is 25.1 Å². The summed E-state index contributed by atoms with van der Waals surface area (Å²) in [5.74, 6) is 0.691. The number of hydrogen-bond acceptors (Lipinski definition) is 6. The summed E-state index contributed by atoms with van der Waals surface area (Å²) in [6.07, 6.45) is 0. The first kappa shape index (κ1) is 14.8. The minimum Gasteiger partial charge on any atom is -0.454 e. The Morgan fingerprint density at radius 1 is 1.17 bits per heavy atom. The lowest BCUT2D eigenvalue weighted by molar-refractivity contribution is -0.136. The molecule has 4 rings (SSSR count). The van der Waals surface area contributed by atoms with Gasteiger partial charge in [0.25, 0.3) is 11.8 Å². The van der Waals surface area contributed by atoms with Gasteiger partial charge in [0.15, 0.2) is 11.5 Å². The zero-order valence-corrected chi connectivity index (χ0v) is 13.7. The number of thiophene rings is 1. The highest BCUT2D eigenvalue weighted by Crippen LogP contribution is 2.37. The fourth-order valence-electron chi connectivity index (χ4n) is 2.75. The lowest BCUT2D eigenvalue weighted by Gasteiger charge is -2.12. The van der Waals surface area contributed by atoms with E-state index in [2.05, 4.69) is 5.32 Å². The van der Waals surface area contributed by atoms with Crippen LogP contribution in [0.4, 0.5) is 5.69 Å². The molecular formula is C17H14N2O4S. The second-order valence-electron chi connectivity index (χ2n) is 5.27. The third kappa shape index (κ3) is 2.25. The molecule has 1 N–H and O–H groups in total. The van der Waals surface area contributed by atoms with Crippen LogP contribution in [-0.2, 0) is 9.59 Å². The number of benzene rings is 1. The highest BCUT2D eigenvalue weighted by atomic mass is 32.1. The molecule has 3 heterocycles. The molecule has 0 aliphatic carbocycles. The third-order valence-electron chi connectivity index (χ3n) is 3.89. The predicted molar refractivity (Wildman–Crippen MR) is 89.8 cm³/mol. The molecule has 2 amide bonds. The maximum Gasteiger partial charge on any atom is 0.278 e. The maximum absolute atomic E-state index is 12.6. The first-order valence-corrected chi connectivity index (χ1v) is 8.38. The molecule has 0 fully saturated rings. The average Bonchev–Trinajstić information content (AvgIpc) is 3.29. The van der Waals surface area contributed by atoms with E-state index in [0.717, 1.165) is 4.88 Å². The van der Waals surface area contributed by atoms with Crippen LogP contribution < -0.4 is 14.8 Å². The molecule has 2 aliphatic rings. The van der Waals surface area contributed by atoms with Gasteiger partial charge in [-0.2, -0.15) is 0 Å². The van der Waals surface area contributed by atoms with E-state index in [-0.39, 0.29) is 18.6 Å². The van der Waals surface area contributed by atoms with Crippen LogP contribution >= 0.6 is 11.3 Å². The SMILES string of the molecule is CCN1C(=O)C(Nc2ccc3c(c2)OCO3)=C(c2cccs2)C1=O. The second-order valence-corrected chi connectivity index (χ2v) is 6.22. The highest BCUT2D eigenvalue weighted by molar-refractivity contribution is 7.11. The van der Waals surface area contributed by atoms with Gasteiger partial charge in [0.1, 0.15) is 5.70 Å². The van der Waals surface area contributed by atoms with E-state index in [0.29, 0.717) is 35.0 Å². The minimum absolute atomic E-state index is 0.183. The molecule has 1 aromatic heterocycles. The van der Waals surface area contributed by atoms with E-state index < -0.39 is 0 Å². The normalized spacial score (nSPS) is 16.3. The summed E-state index contributed by atoms with van der Waals surface area (Å²) in [4.78, 5) is 27.2. The van der Waals surface area contributed by atoms with Crippen molar-refractivity contribution in [3.8, 4) is 11.5 Å². The summed E-state index contributed by atoms with van der Waals surface area (Å²) in [5.41, 5.74) is 1.38. The molecule has 2 aromatic rings. The molecule has 0 saturated carbocycles. The van der Waals surface area contributed by atoms with Crippen molar-refractivity contribution in [2.24, 2.45) is 0 Å². The lowest BCUT2D eigenvalue weighted by Crippen LogP contribution is -2.32. The van der Waals surface area contributed by atoms with Gasteiger partial charge in [-0.05, 0) is 30.5 Å². The molecule has 0 bridgehead atoms. The molecule has 0 unspecified atom stereocenters. The van der Waals surface area contributed by atoms with Crippen LogP contribution in [0.3, 0.4) is 0 Å². The summed E-state index contributed by atoms with van der Waals surface area (Å²) < 4.78 is 10.6. The Hall–Kier alpha value is -2.80. The van der Waals surface area contributed by atoms with Crippen LogP contribution in [0.15, 0.2) is 41.4 Å². The molecule has 0 radical (unpaired) electrons. The summed E-state index contributed by atoms with van der Waals surface area (Å²) in [6.45, 7) is 2.30. The predicted octanol–water partition coefficient (Wildman–Crippen LogP) is 2.69. The monoisotopic (exact) mass is 342 g/mol. The molecular weight excluding hydrogens is 328 g/mol. The Morgan fingerprint density at radius 3 is 2.75 bits per heavy atom. The second kappa shape index (κ2) is 5.68. The number of nitrogens with zero attached hydrogens (tertiary/aromatic N) is 1. The topological polar surface area (TPSA) is 67.9 Å². The number of carbonyl (C=O) groups excluding carboxylic acids is 2. The van der Waals surface area contributed by atoms with Crippen molar-refractivity contribution in [2.45, 2.75) is 6.92 Å². The Morgan fingerprint density at radius 2 is 2.00 bits per heavy atom. The van der Waals surface area contributed by atoms with Crippen LogP contribution in [0.5, 0.6) is 11.5 Å². The fraction of sp³-hybridized carbons (Fsp3) is 0.176. The van der Waals surface area contributed by atoms with Crippen LogP contribution in [0.2, 0.25) is 0 Å². The summed E-state index contributed by atoms with van der Waals surface area (Å²) >= 11 is 1.43. The number of hydrogen-bond donors (Lipinski definition) is 1. The number of ether oxygens (including phenoxy) is 2. The standard InChI is InChI=1S/C17H14N2O4S/c1-2-19-16(20)14(13-4-3-7-24-13)15(17(19)21)18-10-5-6-11-12(8-10)23-9-22-11/h3-8,18H,2,9H2,1H3. The Bertz CT molecular complexity index is 857. The fourth-order valence-corrected chi connectivity index (χ4v) is 3.52. The minimum atomic E-state index is -0.316. The molecule has 2 aliphatic heterocycles. The van der Waals surface area contributed by atoms with Crippen LogP contribution in [0, 0.1) is 0 Å². The number of anilines is 1. The van der Waals surface area contributed by atoms with E-state index in [9.17, 15) is 9.59 Å². The Kier molecular flexibility index (Phi) is 3.50. The number of rotatable bonds is 4. The quantitative estimate of drug-likeness (QED) is 0.865. The van der Waals surface area contributed by atoms with Gasteiger partial charge >= 0.3 is 0 Å². The molecule has 7 heteroatoms. The Labute approximate surface area is 142 Å². The van der Waals surface area contributed by atoms with Gasteiger partial charge in [-0.25, -0.2) is 0 Å². The van der Waals surface area contributed by atoms with Gasteiger partial charge < -0.3 is 14.8 Å². The highest BCUT2D eigenvalue weighted by Gasteiger charge is 2.38. The third-order valence-corrected chi connectivity index (χ3v) is 4.78. The van der Waals surface area contributed by atoms with Gasteiger partial charge in [0.2, 0.25) is 6.79 Å². The van der Waals surface area contributed by atoms with E-state index in [1.807, 2.05) is 17.5 Å². The summed E-state index contributed by atoms with van der Waals surface area (Å²) in [5, 5.41) is 4.97. The van der Waals surface area contributed by atoms with Crippen LogP contribution in [0.1, 0.15) is 11.8 Å². The van der Waals surface area contributed by atoms with Gasteiger partial charge in [-0.3, -0.25) is 14.5 Å². The van der Waals surface area contributed by atoms with E-state index in [1.165, 1.54) is 16.2 Å². The average molecular weight is 342 g/mol. The number of carbonyl (C=O) groups is 2. The van der Waals surface area contributed by atoms with Crippen molar-refractivity contribution < 1.29 is 19.1 Å². The van der Waals surface area contributed by atoms with E-state index >= 15 is 0 Å². The van der Waals surface area contributed by atoms with Crippen molar-refractivity contribution in [1.82, 2.24) is 4.90 Å². The number of likely N-dealkylation sites (N-methyl/N-ethyl adjacent to an activating group) is 1. The number of imide groups is 1. The van der Waals surface area contributed by atoms with Gasteiger partial charge in [0.05, 0.1) is 5.57 Å². The number of fused-ring (bicyclic) bond motifs is 1. The molecule has 0 spiro atoms. The van der Waals surface area contributed by atoms with Crippen LogP contribution in [0.25, 0.3) is 5.57 Å². The number of amides is 2. The molecule has 1 aromatic carbocycles. The van der Waals surface area contributed by atoms with Crippen molar-refractivity contribution in [3.05, 3.63) is 46.3 Å². The van der Waals surface area contributed by atoms with Gasteiger partial charge in [-0.1, -0.05) is 6.07 Å². The van der Waals surface area contributed by atoms with Crippen molar-refractivity contribution in [1.29, 1.82) is 0 Å². The summed E-state index contributed by atoms with van der Waals surface area (Å²) in [7, 11) is 0. The largest absolute Gasteiger partial charge is 0.454 e. The Balaban J connectivity index is 1.75. The van der Waals surface area contributed by atoms with Gasteiger partial charge in [0, 0.05) is 23.2 Å². The van der Waals surface area contributed by atoms with Crippen molar-refractivity contribution in [3.63, 3.8) is 0 Å². The molecule has 24 heavy (non-hydrogen) atoms. The lowest BCUT2D eigenvalue weighted by atomic mass is 10.2. The first-order chi connectivity index (χ1) is 11.7. The van der Waals surface area contributed by atoms with E-state index in [4.69, 9.17) is 9.47 Å². The molecule has 6 nitrogen and oxygen atoms in total. The maximum atomic E-state index is 12.6.